The van der Waals surface area contributed by atoms with Crippen molar-refractivity contribution in [2.75, 3.05) is 0 Å². The summed E-state index contributed by atoms with van der Waals surface area (Å²) in [5.41, 5.74) is 2.11. The molecule has 0 amide bonds. The minimum absolute atomic E-state index is 0.00933. The Morgan fingerprint density at radius 3 is 2.15 bits per heavy atom. The molecule has 0 heterocycles. The molecule has 0 saturated carbocycles. The Kier molecular flexibility index (Phi) is 4.49. The molecule has 0 rings (SSSR count). The molecule has 0 aliphatic carbocycles. The van der Waals surface area contributed by atoms with Crippen LogP contribution < -0.4 is 5.90 Å². The standard InChI is InChI=1S/C11H19NO/c1-6-9(7-2)10(8-13-12)11(3,4)5/h6-8H,1,12H2,2-5H3/b9-7-,10-8+. The van der Waals surface area contributed by atoms with E-state index in [0.29, 0.717) is 0 Å². The Hall–Kier alpha value is -1.02. The average Bonchev–Trinajstić information content (AvgIpc) is 2.03. The van der Waals surface area contributed by atoms with Crippen LogP contribution in [-0.2, 0) is 4.84 Å². The second kappa shape index (κ2) is 4.87. The predicted molar refractivity (Wildman–Crippen MR) is 56.8 cm³/mol. The summed E-state index contributed by atoms with van der Waals surface area (Å²) >= 11 is 0. The zero-order chi connectivity index (χ0) is 10.5. The molecule has 0 aliphatic rings. The van der Waals surface area contributed by atoms with E-state index in [9.17, 15) is 0 Å². The summed E-state index contributed by atoms with van der Waals surface area (Å²) in [5, 5.41) is 0. The molecule has 0 unspecified atom stereocenters. The Labute approximate surface area is 80.7 Å². The van der Waals surface area contributed by atoms with Gasteiger partial charge in [0.05, 0.1) is 0 Å². The first-order chi connectivity index (χ1) is 5.97. The monoisotopic (exact) mass is 181 g/mol. The van der Waals surface area contributed by atoms with E-state index in [4.69, 9.17) is 5.90 Å². The average molecular weight is 181 g/mol. The van der Waals surface area contributed by atoms with Crippen LogP contribution in [0.4, 0.5) is 0 Å². The molecule has 0 radical (unpaired) electrons. The molecule has 0 bridgehead atoms. The molecule has 2 nitrogen and oxygen atoms in total. The van der Waals surface area contributed by atoms with Crippen molar-refractivity contribution in [3.8, 4) is 0 Å². The highest BCUT2D eigenvalue weighted by molar-refractivity contribution is 5.40. The second-order valence-corrected chi connectivity index (χ2v) is 3.87. The number of rotatable bonds is 3. The lowest BCUT2D eigenvalue weighted by atomic mass is 9.82. The Morgan fingerprint density at radius 1 is 1.38 bits per heavy atom. The van der Waals surface area contributed by atoms with E-state index in [0.717, 1.165) is 11.1 Å². The first-order valence-electron chi connectivity index (χ1n) is 4.32. The minimum atomic E-state index is 0.00933. The highest BCUT2D eigenvalue weighted by atomic mass is 16.6. The summed E-state index contributed by atoms with van der Waals surface area (Å²) in [4.78, 5) is 4.56. The highest BCUT2D eigenvalue weighted by Crippen LogP contribution is 2.31. The van der Waals surface area contributed by atoms with E-state index in [1.807, 2.05) is 13.0 Å². The summed E-state index contributed by atoms with van der Waals surface area (Å²) in [6, 6.07) is 0. The summed E-state index contributed by atoms with van der Waals surface area (Å²) in [6.07, 6.45) is 5.36. The van der Waals surface area contributed by atoms with E-state index in [-0.39, 0.29) is 5.41 Å². The zero-order valence-corrected chi connectivity index (χ0v) is 8.92. The van der Waals surface area contributed by atoms with Crippen LogP contribution in [-0.4, -0.2) is 0 Å². The fourth-order valence-electron chi connectivity index (χ4n) is 1.13. The molecule has 13 heavy (non-hydrogen) atoms. The van der Waals surface area contributed by atoms with Gasteiger partial charge in [0.25, 0.3) is 0 Å². The van der Waals surface area contributed by atoms with Gasteiger partial charge < -0.3 is 4.84 Å². The van der Waals surface area contributed by atoms with Gasteiger partial charge in [0.2, 0.25) is 0 Å². The molecule has 0 atom stereocenters. The van der Waals surface area contributed by atoms with Crippen molar-refractivity contribution >= 4 is 0 Å². The fraction of sp³-hybridized carbons (Fsp3) is 0.455. The molecule has 0 saturated heterocycles. The number of hydrogen-bond donors (Lipinski definition) is 1. The number of allylic oxidation sites excluding steroid dienone is 4. The van der Waals surface area contributed by atoms with Gasteiger partial charge >= 0.3 is 0 Å². The van der Waals surface area contributed by atoms with Crippen LogP contribution in [0.5, 0.6) is 0 Å². The second-order valence-electron chi connectivity index (χ2n) is 3.87. The first kappa shape index (κ1) is 12.0. The Morgan fingerprint density at radius 2 is 1.92 bits per heavy atom. The molecule has 74 valence electrons. The maximum atomic E-state index is 5.04. The van der Waals surface area contributed by atoms with E-state index in [1.54, 1.807) is 12.3 Å². The third-order valence-corrected chi connectivity index (χ3v) is 1.84. The normalized spacial score (nSPS) is 14.2. The minimum Gasteiger partial charge on any atom is -0.419 e. The third-order valence-electron chi connectivity index (χ3n) is 1.84. The molecule has 0 aromatic carbocycles. The molecule has 0 aliphatic heterocycles. The van der Waals surface area contributed by atoms with Gasteiger partial charge in [-0.15, -0.1) is 0 Å². The van der Waals surface area contributed by atoms with Crippen LogP contribution in [0.15, 0.2) is 36.1 Å². The summed E-state index contributed by atoms with van der Waals surface area (Å²) < 4.78 is 0. The van der Waals surface area contributed by atoms with Crippen LogP contribution in [0.25, 0.3) is 0 Å². The fourth-order valence-corrected chi connectivity index (χ4v) is 1.13. The van der Waals surface area contributed by atoms with Gasteiger partial charge in [0.15, 0.2) is 0 Å². The summed E-state index contributed by atoms with van der Waals surface area (Å²) in [6.45, 7) is 12.0. The van der Waals surface area contributed by atoms with Gasteiger partial charge in [-0.1, -0.05) is 39.5 Å². The number of hydrogen-bond acceptors (Lipinski definition) is 2. The molecule has 0 fully saturated rings. The topological polar surface area (TPSA) is 35.2 Å². The lowest BCUT2D eigenvalue weighted by Gasteiger charge is -2.23. The van der Waals surface area contributed by atoms with Crippen LogP contribution >= 0.6 is 0 Å². The molecular formula is C11H19NO. The lowest BCUT2D eigenvalue weighted by molar-refractivity contribution is 0.252. The summed E-state index contributed by atoms with van der Waals surface area (Å²) in [7, 11) is 0. The van der Waals surface area contributed by atoms with Crippen molar-refractivity contribution in [3.63, 3.8) is 0 Å². The van der Waals surface area contributed by atoms with E-state index < -0.39 is 0 Å². The van der Waals surface area contributed by atoms with Crippen LogP contribution in [0.3, 0.4) is 0 Å². The van der Waals surface area contributed by atoms with Crippen LogP contribution in [0.1, 0.15) is 27.7 Å². The van der Waals surface area contributed by atoms with Crippen molar-refractivity contribution < 1.29 is 4.84 Å². The smallest absolute Gasteiger partial charge is 0.115 e. The van der Waals surface area contributed by atoms with Crippen molar-refractivity contribution in [1.82, 2.24) is 0 Å². The van der Waals surface area contributed by atoms with E-state index in [2.05, 4.69) is 32.2 Å². The molecule has 0 spiro atoms. The molecular weight excluding hydrogens is 162 g/mol. The van der Waals surface area contributed by atoms with Crippen molar-refractivity contribution in [2.45, 2.75) is 27.7 Å². The zero-order valence-electron chi connectivity index (χ0n) is 8.92. The molecule has 0 aromatic rings. The van der Waals surface area contributed by atoms with Gasteiger partial charge in [-0.2, -0.15) is 5.90 Å². The maximum absolute atomic E-state index is 5.04. The SMILES string of the molecule is C=CC(=C/C)/C(=C\ON)C(C)(C)C. The number of nitrogens with two attached hydrogens (primary N) is 1. The molecule has 0 aromatic heterocycles. The van der Waals surface area contributed by atoms with Crippen molar-refractivity contribution in [3.05, 3.63) is 36.1 Å². The van der Waals surface area contributed by atoms with Crippen molar-refractivity contribution in [2.24, 2.45) is 11.3 Å². The van der Waals surface area contributed by atoms with Gasteiger partial charge in [-0.3, -0.25) is 0 Å². The largest absolute Gasteiger partial charge is 0.419 e. The van der Waals surface area contributed by atoms with Gasteiger partial charge in [0.1, 0.15) is 6.26 Å². The van der Waals surface area contributed by atoms with Gasteiger partial charge in [-0.25, -0.2) is 0 Å². The lowest BCUT2D eigenvalue weighted by Crippen LogP contribution is -2.12. The summed E-state index contributed by atoms with van der Waals surface area (Å²) in [5.74, 6) is 5.04. The van der Waals surface area contributed by atoms with E-state index in [1.165, 1.54) is 0 Å². The molecule has 2 N–H and O–H groups in total. The van der Waals surface area contributed by atoms with Gasteiger partial charge in [0, 0.05) is 5.57 Å². The van der Waals surface area contributed by atoms with Crippen LogP contribution in [0, 0.1) is 5.41 Å². The Balaban J connectivity index is 5.05. The van der Waals surface area contributed by atoms with Crippen LogP contribution in [0.2, 0.25) is 0 Å². The van der Waals surface area contributed by atoms with E-state index >= 15 is 0 Å². The highest BCUT2D eigenvalue weighted by Gasteiger charge is 2.19. The first-order valence-corrected chi connectivity index (χ1v) is 4.32. The maximum Gasteiger partial charge on any atom is 0.115 e. The molecule has 2 heteroatoms. The third kappa shape index (κ3) is 3.47. The quantitative estimate of drug-likeness (QED) is 0.413. The van der Waals surface area contributed by atoms with Crippen molar-refractivity contribution in [1.29, 1.82) is 0 Å². The Bertz CT molecular complexity index is 231. The van der Waals surface area contributed by atoms with Gasteiger partial charge in [-0.05, 0) is 17.9 Å². The predicted octanol–water partition coefficient (Wildman–Crippen LogP) is 2.94.